The standard InChI is InChI=1S/C17H24ClN3O2.2ClH/c18-15-3-1-14(2-4-15)12-20-6-8-21(9-7-20)17(22)11-16-13-23-10-5-19-16;;/h1-4,16,19H,5-13H2;2*1H. The third-order valence-electron chi connectivity index (χ3n) is 4.46. The Kier molecular flexibility index (Phi) is 10.1. The number of halogens is 3. The van der Waals surface area contributed by atoms with Gasteiger partial charge < -0.3 is 15.0 Å². The fourth-order valence-corrected chi connectivity index (χ4v) is 3.22. The van der Waals surface area contributed by atoms with Gasteiger partial charge in [0.1, 0.15) is 0 Å². The van der Waals surface area contributed by atoms with Crippen molar-refractivity contribution in [1.29, 1.82) is 0 Å². The first-order valence-corrected chi connectivity index (χ1v) is 8.64. The van der Waals surface area contributed by atoms with Gasteiger partial charge in [-0.25, -0.2) is 0 Å². The van der Waals surface area contributed by atoms with Crippen LogP contribution in [0.25, 0.3) is 0 Å². The second-order valence-electron chi connectivity index (χ2n) is 6.21. The second kappa shape index (κ2) is 11.2. The molecule has 1 aromatic rings. The van der Waals surface area contributed by atoms with E-state index in [1.165, 1.54) is 5.56 Å². The Bertz CT molecular complexity index is 516. The largest absolute Gasteiger partial charge is 0.378 e. The molecule has 1 aromatic carbocycles. The molecule has 0 bridgehead atoms. The van der Waals surface area contributed by atoms with Gasteiger partial charge in [-0.1, -0.05) is 23.7 Å². The van der Waals surface area contributed by atoms with Crippen LogP contribution in [0.3, 0.4) is 0 Å². The van der Waals surface area contributed by atoms with E-state index in [-0.39, 0.29) is 36.8 Å². The molecule has 0 radical (unpaired) electrons. The number of carbonyl (C=O) groups is 1. The predicted molar refractivity (Wildman–Crippen MR) is 105 cm³/mol. The van der Waals surface area contributed by atoms with Gasteiger partial charge in [-0.2, -0.15) is 0 Å². The number of nitrogens with zero attached hydrogens (tertiary/aromatic N) is 2. The van der Waals surface area contributed by atoms with E-state index in [2.05, 4.69) is 22.3 Å². The van der Waals surface area contributed by atoms with Crippen molar-refractivity contribution in [2.75, 3.05) is 45.9 Å². The number of benzene rings is 1. The lowest BCUT2D eigenvalue weighted by molar-refractivity contribution is -0.134. The van der Waals surface area contributed by atoms with E-state index in [1.807, 2.05) is 17.0 Å². The molecule has 2 aliphatic heterocycles. The predicted octanol–water partition coefficient (Wildman–Crippen LogP) is 2.21. The molecule has 1 atom stereocenters. The summed E-state index contributed by atoms with van der Waals surface area (Å²) in [4.78, 5) is 16.7. The van der Waals surface area contributed by atoms with Crippen LogP contribution in [-0.2, 0) is 16.1 Å². The summed E-state index contributed by atoms with van der Waals surface area (Å²) in [5, 5.41) is 4.11. The Labute approximate surface area is 166 Å². The first kappa shape index (κ1) is 22.5. The molecule has 142 valence electrons. The van der Waals surface area contributed by atoms with Crippen LogP contribution in [0.1, 0.15) is 12.0 Å². The van der Waals surface area contributed by atoms with Crippen LogP contribution >= 0.6 is 36.4 Å². The van der Waals surface area contributed by atoms with E-state index >= 15 is 0 Å². The van der Waals surface area contributed by atoms with Crippen LogP contribution in [0.5, 0.6) is 0 Å². The lowest BCUT2D eigenvalue weighted by atomic mass is 10.1. The lowest BCUT2D eigenvalue weighted by Gasteiger charge is -2.35. The van der Waals surface area contributed by atoms with Crippen molar-refractivity contribution in [2.45, 2.75) is 19.0 Å². The van der Waals surface area contributed by atoms with Crippen LogP contribution in [-0.4, -0.2) is 67.7 Å². The van der Waals surface area contributed by atoms with E-state index < -0.39 is 0 Å². The van der Waals surface area contributed by atoms with Gasteiger partial charge in [0.15, 0.2) is 0 Å². The number of piperazine rings is 1. The van der Waals surface area contributed by atoms with E-state index in [1.54, 1.807) is 0 Å². The molecule has 1 amide bonds. The molecule has 2 heterocycles. The number of morpholine rings is 1. The Morgan fingerprint density at radius 3 is 2.44 bits per heavy atom. The summed E-state index contributed by atoms with van der Waals surface area (Å²) >= 11 is 5.92. The summed E-state index contributed by atoms with van der Waals surface area (Å²) in [6.45, 7) is 6.59. The summed E-state index contributed by atoms with van der Waals surface area (Å²) in [6.07, 6.45) is 0.539. The third-order valence-corrected chi connectivity index (χ3v) is 4.72. The maximum atomic E-state index is 12.4. The molecular formula is C17H26Cl3N3O2. The van der Waals surface area contributed by atoms with Crippen LogP contribution in [0.4, 0.5) is 0 Å². The number of amides is 1. The molecule has 0 aliphatic carbocycles. The highest BCUT2D eigenvalue weighted by Crippen LogP contribution is 2.13. The first-order chi connectivity index (χ1) is 11.2. The zero-order valence-corrected chi connectivity index (χ0v) is 16.5. The normalized spacial score (nSPS) is 21.2. The van der Waals surface area contributed by atoms with Crippen molar-refractivity contribution >= 4 is 42.3 Å². The van der Waals surface area contributed by atoms with Gasteiger partial charge in [-0.05, 0) is 17.7 Å². The fourth-order valence-electron chi connectivity index (χ4n) is 3.09. The molecule has 3 rings (SSSR count). The minimum Gasteiger partial charge on any atom is -0.378 e. The summed E-state index contributed by atoms with van der Waals surface area (Å²) in [6, 6.07) is 8.15. The van der Waals surface area contributed by atoms with E-state index in [9.17, 15) is 4.79 Å². The van der Waals surface area contributed by atoms with Crippen molar-refractivity contribution < 1.29 is 9.53 Å². The average Bonchev–Trinajstić information content (AvgIpc) is 2.58. The van der Waals surface area contributed by atoms with Gasteiger partial charge in [0.05, 0.1) is 13.2 Å². The van der Waals surface area contributed by atoms with Crippen molar-refractivity contribution in [2.24, 2.45) is 0 Å². The number of nitrogens with one attached hydrogen (secondary N) is 1. The van der Waals surface area contributed by atoms with E-state index in [0.717, 1.165) is 50.9 Å². The zero-order chi connectivity index (χ0) is 16.1. The number of hydrogen-bond donors (Lipinski definition) is 1. The molecule has 8 heteroatoms. The molecule has 2 saturated heterocycles. The van der Waals surface area contributed by atoms with Gasteiger partial charge >= 0.3 is 0 Å². The highest BCUT2D eigenvalue weighted by molar-refractivity contribution is 6.30. The zero-order valence-electron chi connectivity index (χ0n) is 14.2. The maximum absolute atomic E-state index is 12.4. The molecule has 2 aliphatic rings. The third kappa shape index (κ3) is 6.93. The topological polar surface area (TPSA) is 44.8 Å². The summed E-state index contributed by atoms with van der Waals surface area (Å²) < 4.78 is 5.41. The van der Waals surface area contributed by atoms with Crippen molar-refractivity contribution in [3.63, 3.8) is 0 Å². The molecule has 0 spiro atoms. The molecular weight excluding hydrogens is 385 g/mol. The summed E-state index contributed by atoms with van der Waals surface area (Å²) in [5.74, 6) is 0.235. The van der Waals surface area contributed by atoms with Crippen molar-refractivity contribution in [3.05, 3.63) is 34.9 Å². The SMILES string of the molecule is Cl.Cl.O=C(CC1COCCN1)N1CCN(Cc2ccc(Cl)cc2)CC1. The first-order valence-electron chi connectivity index (χ1n) is 8.26. The number of rotatable bonds is 4. The lowest BCUT2D eigenvalue weighted by Crippen LogP contribution is -2.51. The Hall–Kier alpha value is -0.560. The van der Waals surface area contributed by atoms with Gasteiger partial charge in [0.2, 0.25) is 5.91 Å². The van der Waals surface area contributed by atoms with Crippen molar-refractivity contribution in [1.82, 2.24) is 15.1 Å². The average molecular weight is 411 g/mol. The Morgan fingerprint density at radius 2 is 1.84 bits per heavy atom. The minimum absolute atomic E-state index is 0. The molecule has 0 aromatic heterocycles. The molecule has 25 heavy (non-hydrogen) atoms. The smallest absolute Gasteiger partial charge is 0.224 e. The number of carbonyl (C=O) groups excluding carboxylic acids is 1. The maximum Gasteiger partial charge on any atom is 0.224 e. The van der Waals surface area contributed by atoms with Crippen LogP contribution in [0.2, 0.25) is 5.02 Å². The number of ether oxygens (including phenoxy) is 1. The Balaban J connectivity index is 0.00000156. The summed E-state index contributed by atoms with van der Waals surface area (Å²) in [7, 11) is 0. The van der Waals surface area contributed by atoms with Crippen LogP contribution in [0, 0.1) is 0 Å². The molecule has 0 saturated carbocycles. The molecule has 2 fully saturated rings. The summed E-state index contributed by atoms with van der Waals surface area (Å²) in [5.41, 5.74) is 1.26. The van der Waals surface area contributed by atoms with Gasteiger partial charge in [-0.15, -0.1) is 24.8 Å². The van der Waals surface area contributed by atoms with Crippen LogP contribution < -0.4 is 5.32 Å². The quantitative estimate of drug-likeness (QED) is 0.826. The molecule has 1 N–H and O–H groups in total. The molecule has 1 unspecified atom stereocenters. The highest BCUT2D eigenvalue weighted by atomic mass is 35.5. The van der Waals surface area contributed by atoms with E-state index in [4.69, 9.17) is 16.3 Å². The molecule has 5 nitrogen and oxygen atoms in total. The van der Waals surface area contributed by atoms with E-state index in [0.29, 0.717) is 13.0 Å². The van der Waals surface area contributed by atoms with Crippen LogP contribution in [0.15, 0.2) is 24.3 Å². The Morgan fingerprint density at radius 1 is 1.16 bits per heavy atom. The highest BCUT2D eigenvalue weighted by Gasteiger charge is 2.24. The van der Waals surface area contributed by atoms with Gasteiger partial charge in [-0.3, -0.25) is 9.69 Å². The van der Waals surface area contributed by atoms with Crippen molar-refractivity contribution in [3.8, 4) is 0 Å². The van der Waals surface area contributed by atoms with Gasteiger partial charge in [0.25, 0.3) is 0 Å². The minimum atomic E-state index is 0. The number of hydrogen-bond acceptors (Lipinski definition) is 4. The second-order valence-corrected chi connectivity index (χ2v) is 6.65. The fraction of sp³-hybridized carbons (Fsp3) is 0.588. The van der Waals surface area contributed by atoms with Gasteiger partial charge in [0, 0.05) is 56.8 Å². The monoisotopic (exact) mass is 409 g/mol.